The molecule has 0 bridgehead atoms. The van der Waals surface area contributed by atoms with Crippen LogP contribution < -0.4 is 5.32 Å². The zero-order chi connectivity index (χ0) is 16.5. The first-order valence-corrected chi connectivity index (χ1v) is 9.06. The highest BCUT2D eigenvalue weighted by molar-refractivity contribution is 6.31. The van der Waals surface area contributed by atoms with Crippen LogP contribution in [0.25, 0.3) is 0 Å². The number of benzene rings is 2. The van der Waals surface area contributed by atoms with Crippen LogP contribution in [-0.4, -0.2) is 30.1 Å². The van der Waals surface area contributed by atoms with Gasteiger partial charge in [0, 0.05) is 36.1 Å². The molecule has 0 spiro atoms. The highest BCUT2D eigenvalue weighted by Crippen LogP contribution is 2.36. The summed E-state index contributed by atoms with van der Waals surface area (Å²) in [5.41, 5.74) is 2.41. The van der Waals surface area contributed by atoms with Crippen molar-refractivity contribution in [3.63, 3.8) is 0 Å². The Kier molecular flexibility index (Phi) is 4.57. The van der Waals surface area contributed by atoms with Gasteiger partial charge < -0.3 is 5.32 Å². The molecule has 24 heavy (non-hydrogen) atoms. The van der Waals surface area contributed by atoms with E-state index in [1.165, 1.54) is 24.0 Å². The molecule has 0 unspecified atom stereocenters. The number of hydrogen-bond acceptors (Lipinski definition) is 2. The van der Waals surface area contributed by atoms with E-state index in [2.05, 4.69) is 16.3 Å². The minimum absolute atomic E-state index is 0.169. The predicted molar refractivity (Wildman–Crippen MR) is 95.8 cm³/mol. The van der Waals surface area contributed by atoms with E-state index in [9.17, 15) is 4.39 Å². The van der Waals surface area contributed by atoms with Crippen molar-refractivity contribution in [2.75, 3.05) is 13.1 Å². The molecule has 0 saturated carbocycles. The largest absolute Gasteiger partial charge is 0.312 e. The number of nitrogens with one attached hydrogen (secondary N) is 1. The SMILES string of the molecule is Fc1ccc([C@H]2CN[C@@H]3CCCN(Cc4ccccc4Cl)[C@H]23)cc1. The van der Waals surface area contributed by atoms with E-state index in [1.54, 1.807) is 12.1 Å². The predicted octanol–water partition coefficient (Wildman–Crippen LogP) is 4.20. The average Bonchev–Trinajstić information content (AvgIpc) is 3.03. The molecule has 2 aromatic carbocycles. The second-order valence-corrected chi connectivity index (χ2v) is 7.27. The van der Waals surface area contributed by atoms with Crippen molar-refractivity contribution in [3.05, 3.63) is 70.5 Å². The van der Waals surface area contributed by atoms with Crippen LogP contribution >= 0.6 is 11.6 Å². The third-order valence-electron chi connectivity index (χ3n) is 5.44. The Morgan fingerprint density at radius 3 is 2.71 bits per heavy atom. The number of fused-ring (bicyclic) bond motifs is 1. The van der Waals surface area contributed by atoms with Gasteiger partial charge in [0.1, 0.15) is 5.82 Å². The lowest BCUT2D eigenvalue weighted by atomic mass is 9.86. The van der Waals surface area contributed by atoms with Crippen LogP contribution in [-0.2, 0) is 6.54 Å². The summed E-state index contributed by atoms with van der Waals surface area (Å²) in [6.07, 6.45) is 2.41. The molecule has 4 rings (SSSR count). The second kappa shape index (κ2) is 6.83. The first-order chi connectivity index (χ1) is 11.7. The number of nitrogens with zero attached hydrogens (tertiary/aromatic N) is 1. The molecule has 0 aromatic heterocycles. The Morgan fingerprint density at radius 1 is 1.12 bits per heavy atom. The van der Waals surface area contributed by atoms with Gasteiger partial charge in [-0.05, 0) is 48.7 Å². The van der Waals surface area contributed by atoms with Gasteiger partial charge in [-0.25, -0.2) is 4.39 Å². The summed E-state index contributed by atoms with van der Waals surface area (Å²) >= 11 is 6.37. The fourth-order valence-corrected chi connectivity index (χ4v) is 4.50. The maximum absolute atomic E-state index is 13.3. The molecule has 1 N–H and O–H groups in total. The molecule has 2 fully saturated rings. The molecule has 0 radical (unpaired) electrons. The molecular formula is C20H22ClFN2. The Hall–Kier alpha value is -1.42. The zero-order valence-corrected chi connectivity index (χ0v) is 14.3. The fourth-order valence-electron chi connectivity index (χ4n) is 4.30. The number of piperidine rings is 1. The lowest BCUT2D eigenvalue weighted by Gasteiger charge is -2.40. The fraction of sp³-hybridized carbons (Fsp3) is 0.400. The van der Waals surface area contributed by atoms with Crippen molar-refractivity contribution >= 4 is 11.6 Å². The third-order valence-corrected chi connectivity index (χ3v) is 5.80. The van der Waals surface area contributed by atoms with Crippen molar-refractivity contribution in [3.8, 4) is 0 Å². The van der Waals surface area contributed by atoms with Gasteiger partial charge in [-0.1, -0.05) is 41.9 Å². The summed E-state index contributed by atoms with van der Waals surface area (Å²) in [6.45, 7) is 2.92. The van der Waals surface area contributed by atoms with Crippen LogP contribution in [0.2, 0.25) is 5.02 Å². The van der Waals surface area contributed by atoms with Crippen LogP contribution in [0.5, 0.6) is 0 Å². The molecule has 0 amide bonds. The highest BCUT2D eigenvalue weighted by atomic mass is 35.5. The Balaban J connectivity index is 1.60. The maximum atomic E-state index is 13.3. The molecule has 2 nitrogen and oxygen atoms in total. The van der Waals surface area contributed by atoms with Gasteiger partial charge in [0.15, 0.2) is 0 Å². The Morgan fingerprint density at radius 2 is 1.92 bits per heavy atom. The number of hydrogen-bond donors (Lipinski definition) is 1. The second-order valence-electron chi connectivity index (χ2n) is 6.87. The van der Waals surface area contributed by atoms with E-state index < -0.39 is 0 Å². The quantitative estimate of drug-likeness (QED) is 0.897. The molecule has 0 aliphatic carbocycles. The van der Waals surface area contributed by atoms with Gasteiger partial charge in [0.2, 0.25) is 0 Å². The van der Waals surface area contributed by atoms with Gasteiger partial charge >= 0.3 is 0 Å². The molecule has 2 aliphatic rings. The van der Waals surface area contributed by atoms with E-state index in [-0.39, 0.29) is 5.82 Å². The monoisotopic (exact) mass is 344 g/mol. The zero-order valence-electron chi connectivity index (χ0n) is 13.6. The van der Waals surface area contributed by atoms with E-state index in [1.807, 2.05) is 30.3 Å². The average molecular weight is 345 g/mol. The van der Waals surface area contributed by atoms with Gasteiger partial charge in [0.05, 0.1) is 0 Å². The Bertz CT molecular complexity index is 703. The minimum atomic E-state index is -0.169. The van der Waals surface area contributed by atoms with Crippen molar-refractivity contribution in [2.24, 2.45) is 0 Å². The number of rotatable bonds is 3. The summed E-state index contributed by atoms with van der Waals surface area (Å²) in [5, 5.41) is 4.52. The first kappa shape index (κ1) is 16.1. The highest BCUT2D eigenvalue weighted by Gasteiger charge is 2.42. The normalized spacial score (nSPS) is 27.2. The van der Waals surface area contributed by atoms with Crippen molar-refractivity contribution < 1.29 is 4.39 Å². The van der Waals surface area contributed by atoms with Crippen molar-refractivity contribution in [1.82, 2.24) is 10.2 Å². The van der Waals surface area contributed by atoms with Crippen LogP contribution in [0.4, 0.5) is 4.39 Å². The topological polar surface area (TPSA) is 15.3 Å². The first-order valence-electron chi connectivity index (χ1n) is 8.68. The molecule has 2 saturated heterocycles. The molecule has 3 atom stereocenters. The third kappa shape index (κ3) is 3.08. The van der Waals surface area contributed by atoms with Crippen LogP contribution in [0, 0.1) is 5.82 Å². The number of likely N-dealkylation sites (tertiary alicyclic amines) is 1. The summed E-state index contributed by atoms with van der Waals surface area (Å²) in [6, 6.07) is 16.1. The van der Waals surface area contributed by atoms with Gasteiger partial charge in [-0.15, -0.1) is 0 Å². The lowest BCUT2D eigenvalue weighted by Crippen LogP contribution is -2.49. The summed E-state index contributed by atoms with van der Waals surface area (Å²) < 4.78 is 13.3. The summed E-state index contributed by atoms with van der Waals surface area (Å²) in [7, 11) is 0. The standard InChI is InChI=1S/C20H22ClFN2/c21-18-5-2-1-4-15(18)13-24-11-3-6-19-20(24)17(12-23-19)14-7-9-16(22)10-8-14/h1-2,4-5,7-10,17,19-20,23H,3,6,11-13H2/t17-,19-,20-/m1/s1. The molecule has 2 aliphatic heterocycles. The lowest BCUT2D eigenvalue weighted by molar-refractivity contribution is 0.120. The van der Waals surface area contributed by atoms with E-state index in [0.29, 0.717) is 18.0 Å². The number of halogens is 2. The van der Waals surface area contributed by atoms with Crippen molar-refractivity contribution in [2.45, 2.75) is 37.4 Å². The van der Waals surface area contributed by atoms with Gasteiger partial charge in [-0.2, -0.15) is 0 Å². The molecular weight excluding hydrogens is 323 g/mol. The van der Waals surface area contributed by atoms with E-state index in [4.69, 9.17) is 11.6 Å². The molecule has 126 valence electrons. The Labute approximate surface area is 147 Å². The van der Waals surface area contributed by atoms with Gasteiger partial charge in [0.25, 0.3) is 0 Å². The smallest absolute Gasteiger partial charge is 0.123 e. The van der Waals surface area contributed by atoms with Crippen LogP contribution in [0.3, 0.4) is 0 Å². The maximum Gasteiger partial charge on any atom is 0.123 e. The summed E-state index contributed by atoms with van der Waals surface area (Å²) in [5.74, 6) is 0.233. The molecule has 2 aromatic rings. The van der Waals surface area contributed by atoms with Gasteiger partial charge in [-0.3, -0.25) is 4.90 Å². The minimum Gasteiger partial charge on any atom is -0.312 e. The van der Waals surface area contributed by atoms with Crippen LogP contribution in [0.15, 0.2) is 48.5 Å². The summed E-state index contributed by atoms with van der Waals surface area (Å²) in [4.78, 5) is 2.56. The molecule has 2 heterocycles. The van der Waals surface area contributed by atoms with Crippen molar-refractivity contribution in [1.29, 1.82) is 0 Å². The van der Waals surface area contributed by atoms with Crippen LogP contribution in [0.1, 0.15) is 29.9 Å². The van der Waals surface area contributed by atoms with E-state index in [0.717, 1.165) is 24.7 Å². The molecule has 4 heteroatoms. The van der Waals surface area contributed by atoms with E-state index >= 15 is 0 Å².